The highest BCUT2D eigenvalue weighted by Gasteiger charge is 2.11. The maximum absolute atomic E-state index is 3.57. The molecule has 80 valence electrons. The zero-order chi connectivity index (χ0) is 10.4. The Morgan fingerprint density at radius 1 is 0.923 bits per heavy atom. The van der Waals surface area contributed by atoms with Crippen LogP contribution in [-0.4, -0.2) is 12.6 Å². The van der Waals surface area contributed by atoms with Crippen LogP contribution >= 0.6 is 0 Å². The van der Waals surface area contributed by atoms with E-state index in [4.69, 9.17) is 0 Å². The molecule has 0 radical (unpaired) electrons. The van der Waals surface area contributed by atoms with Gasteiger partial charge in [-0.2, -0.15) is 0 Å². The summed E-state index contributed by atoms with van der Waals surface area (Å²) < 4.78 is 0. The Kier molecular flexibility index (Phi) is 6.40. The summed E-state index contributed by atoms with van der Waals surface area (Å²) in [5.74, 6) is 2.40. The van der Waals surface area contributed by atoms with Crippen molar-refractivity contribution in [3.63, 3.8) is 0 Å². The van der Waals surface area contributed by atoms with Crippen LogP contribution in [0.15, 0.2) is 0 Å². The Morgan fingerprint density at radius 2 is 1.46 bits per heavy atom. The molecule has 0 saturated carbocycles. The van der Waals surface area contributed by atoms with Gasteiger partial charge in [-0.15, -0.1) is 0 Å². The average molecular weight is 185 g/mol. The van der Waals surface area contributed by atoms with Crippen LogP contribution in [0.4, 0.5) is 0 Å². The maximum Gasteiger partial charge on any atom is 0.00414 e. The molecule has 1 nitrogen and oxygen atoms in total. The molecule has 0 aromatic heterocycles. The molecule has 0 aliphatic carbocycles. The SMILES string of the molecule is CC(C)CNC(C)CC(C)C(C)C. The van der Waals surface area contributed by atoms with Crippen molar-refractivity contribution in [2.75, 3.05) is 6.54 Å². The van der Waals surface area contributed by atoms with Crippen LogP contribution in [0.1, 0.15) is 48.0 Å². The molecule has 0 aromatic rings. The van der Waals surface area contributed by atoms with Gasteiger partial charge in [0, 0.05) is 6.04 Å². The van der Waals surface area contributed by atoms with E-state index in [-0.39, 0.29) is 0 Å². The van der Waals surface area contributed by atoms with Crippen LogP contribution in [0, 0.1) is 17.8 Å². The van der Waals surface area contributed by atoms with Gasteiger partial charge in [-0.3, -0.25) is 0 Å². The Hall–Kier alpha value is -0.0400. The van der Waals surface area contributed by atoms with Crippen molar-refractivity contribution < 1.29 is 0 Å². The van der Waals surface area contributed by atoms with Crippen LogP contribution in [0.3, 0.4) is 0 Å². The lowest BCUT2D eigenvalue weighted by molar-refractivity contribution is 0.334. The minimum absolute atomic E-state index is 0.666. The topological polar surface area (TPSA) is 12.0 Å². The van der Waals surface area contributed by atoms with Gasteiger partial charge in [0.2, 0.25) is 0 Å². The van der Waals surface area contributed by atoms with E-state index in [9.17, 15) is 0 Å². The first-order valence-corrected chi connectivity index (χ1v) is 5.66. The van der Waals surface area contributed by atoms with Crippen molar-refractivity contribution in [3.05, 3.63) is 0 Å². The molecule has 0 saturated heterocycles. The molecule has 0 bridgehead atoms. The van der Waals surface area contributed by atoms with Crippen LogP contribution in [0.25, 0.3) is 0 Å². The molecule has 0 amide bonds. The van der Waals surface area contributed by atoms with E-state index in [0.717, 1.165) is 24.3 Å². The first-order chi connectivity index (χ1) is 5.93. The Morgan fingerprint density at radius 3 is 1.85 bits per heavy atom. The average Bonchev–Trinajstić information content (AvgIpc) is 2.00. The van der Waals surface area contributed by atoms with Crippen molar-refractivity contribution in [2.45, 2.75) is 54.0 Å². The molecule has 0 aliphatic rings. The normalized spacial score (nSPS) is 16.6. The van der Waals surface area contributed by atoms with E-state index >= 15 is 0 Å². The third-order valence-corrected chi connectivity index (χ3v) is 2.74. The third kappa shape index (κ3) is 7.06. The second-order valence-corrected chi connectivity index (χ2v) is 5.16. The van der Waals surface area contributed by atoms with E-state index < -0.39 is 0 Å². The fourth-order valence-corrected chi connectivity index (χ4v) is 1.35. The van der Waals surface area contributed by atoms with Gasteiger partial charge in [0.1, 0.15) is 0 Å². The van der Waals surface area contributed by atoms with E-state index in [1.165, 1.54) is 6.42 Å². The zero-order valence-electron chi connectivity index (χ0n) is 10.2. The second kappa shape index (κ2) is 6.42. The molecule has 1 heteroatoms. The molecule has 0 spiro atoms. The van der Waals surface area contributed by atoms with Crippen molar-refractivity contribution >= 4 is 0 Å². The summed E-state index contributed by atoms with van der Waals surface area (Å²) in [6, 6.07) is 0.666. The molecule has 0 fully saturated rings. The first kappa shape index (κ1) is 13.0. The smallest absolute Gasteiger partial charge is 0.00414 e. The summed E-state index contributed by atoms with van der Waals surface area (Å²) in [6.45, 7) is 14.9. The van der Waals surface area contributed by atoms with Crippen molar-refractivity contribution in [1.82, 2.24) is 5.32 Å². The molecule has 2 unspecified atom stereocenters. The Balaban J connectivity index is 3.55. The van der Waals surface area contributed by atoms with Gasteiger partial charge in [-0.25, -0.2) is 0 Å². The van der Waals surface area contributed by atoms with E-state index in [0.29, 0.717) is 6.04 Å². The molecule has 0 aliphatic heterocycles. The predicted molar refractivity (Wildman–Crippen MR) is 60.9 cm³/mol. The molecule has 0 aromatic carbocycles. The Bertz CT molecular complexity index is 118. The van der Waals surface area contributed by atoms with Gasteiger partial charge in [-0.1, -0.05) is 34.6 Å². The summed E-state index contributed by atoms with van der Waals surface area (Å²) >= 11 is 0. The van der Waals surface area contributed by atoms with Crippen LogP contribution in [-0.2, 0) is 0 Å². The third-order valence-electron chi connectivity index (χ3n) is 2.74. The minimum atomic E-state index is 0.666. The van der Waals surface area contributed by atoms with Gasteiger partial charge in [-0.05, 0) is 37.6 Å². The van der Waals surface area contributed by atoms with Gasteiger partial charge in [0.05, 0.1) is 0 Å². The summed E-state index contributed by atoms with van der Waals surface area (Å²) in [5.41, 5.74) is 0. The second-order valence-electron chi connectivity index (χ2n) is 5.16. The lowest BCUT2D eigenvalue weighted by Gasteiger charge is -2.22. The number of rotatable bonds is 6. The summed E-state index contributed by atoms with van der Waals surface area (Å²) in [6.07, 6.45) is 1.30. The summed E-state index contributed by atoms with van der Waals surface area (Å²) in [7, 11) is 0. The van der Waals surface area contributed by atoms with Gasteiger partial charge in [0.15, 0.2) is 0 Å². The number of nitrogens with one attached hydrogen (secondary N) is 1. The lowest BCUT2D eigenvalue weighted by atomic mass is 9.91. The van der Waals surface area contributed by atoms with Crippen molar-refractivity contribution in [3.8, 4) is 0 Å². The van der Waals surface area contributed by atoms with Crippen molar-refractivity contribution in [2.24, 2.45) is 17.8 Å². The zero-order valence-corrected chi connectivity index (χ0v) is 10.2. The molecule has 0 rings (SSSR count). The predicted octanol–water partition coefficient (Wildman–Crippen LogP) is 3.30. The lowest BCUT2D eigenvalue weighted by Crippen LogP contribution is -2.31. The molecular weight excluding hydrogens is 158 g/mol. The van der Waals surface area contributed by atoms with E-state index in [2.05, 4.69) is 46.9 Å². The number of hydrogen-bond acceptors (Lipinski definition) is 1. The highest BCUT2D eigenvalue weighted by molar-refractivity contribution is 4.67. The quantitative estimate of drug-likeness (QED) is 0.669. The van der Waals surface area contributed by atoms with Crippen LogP contribution in [0.2, 0.25) is 0 Å². The maximum atomic E-state index is 3.57. The van der Waals surface area contributed by atoms with Gasteiger partial charge in [0.25, 0.3) is 0 Å². The minimum Gasteiger partial charge on any atom is -0.314 e. The first-order valence-electron chi connectivity index (χ1n) is 5.66. The molecule has 1 N–H and O–H groups in total. The monoisotopic (exact) mass is 185 g/mol. The molecule has 0 heterocycles. The summed E-state index contributed by atoms with van der Waals surface area (Å²) in [4.78, 5) is 0. The molecule has 2 atom stereocenters. The van der Waals surface area contributed by atoms with E-state index in [1.807, 2.05) is 0 Å². The fourth-order valence-electron chi connectivity index (χ4n) is 1.35. The van der Waals surface area contributed by atoms with E-state index in [1.54, 1.807) is 0 Å². The summed E-state index contributed by atoms with van der Waals surface area (Å²) in [5, 5.41) is 3.57. The van der Waals surface area contributed by atoms with Gasteiger partial charge >= 0.3 is 0 Å². The van der Waals surface area contributed by atoms with Gasteiger partial charge < -0.3 is 5.32 Å². The fraction of sp³-hybridized carbons (Fsp3) is 1.00. The van der Waals surface area contributed by atoms with Crippen LogP contribution in [0.5, 0.6) is 0 Å². The largest absolute Gasteiger partial charge is 0.314 e. The Labute approximate surface area is 84.3 Å². The molecule has 13 heavy (non-hydrogen) atoms. The standard InChI is InChI=1S/C12H27N/c1-9(2)8-13-12(6)7-11(5)10(3)4/h9-13H,7-8H2,1-6H3. The van der Waals surface area contributed by atoms with Crippen LogP contribution < -0.4 is 5.32 Å². The van der Waals surface area contributed by atoms with Crippen molar-refractivity contribution in [1.29, 1.82) is 0 Å². The highest BCUT2D eigenvalue weighted by Crippen LogP contribution is 2.15. The number of hydrogen-bond donors (Lipinski definition) is 1. The molecular formula is C12H27N. The highest BCUT2D eigenvalue weighted by atomic mass is 14.9.